The summed E-state index contributed by atoms with van der Waals surface area (Å²) in [6.07, 6.45) is 0.203. The molecule has 0 bridgehead atoms. The van der Waals surface area contributed by atoms with Gasteiger partial charge in [-0.1, -0.05) is 6.07 Å². The number of nitrogens with zero attached hydrogens (tertiary/aromatic N) is 1. The van der Waals surface area contributed by atoms with Gasteiger partial charge in [-0.2, -0.15) is 0 Å². The minimum absolute atomic E-state index is 0.115. The average molecular weight is 457 g/mol. The highest BCUT2D eigenvalue weighted by Gasteiger charge is 2.47. The second-order valence-corrected chi connectivity index (χ2v) is 8.17. The van der Waals surface area contributed by atoms with Crippen molar-refractivity contribution in [2.75, 3.05) is 48.8 Å². The Bertz CT molecular complexity index is 1110. The summed E-state index contributed by atoms with van der Waals surface area (Å²) < 4.78 is 39.9. The zero-order chi connectivity index (χ0) is 23.3. The average Bonchev–Trinajstić information content (AvgIpc) is 3.43. The number of esters is 1. The molecular weight excluding hydrogens is 430 g/mol. The molecule has 0 radical (unpaired) electrons. The van der Waals surface area contributed by atoms with Crippen LogP contribution in [0.3, 0.4) is 0 Å². The Morgan fingerprint density at radius 2 is 1.79 bits per heavy atom. The Balaban J connectivity index is 1.72. The summed E-state index contributed by atoms with van der Waals surface area (Å²) in [5.74, 6) is 2.22. The van der Waals surface area contributed by atoms with E-state index in [-0.39, 0.29) is 12.8 Å². The molecule has 0 unspecified atom stereocenters. The van der Waals surface area contributed by atoms with E-state index in [2.05, 4.69) is 4.90 Å². The number of carbonyl (C=O) groups is 1. The number of methoxy groups -OCH3 is 4. The van der Waals surface area contributed by atoms with Crippen molar-refractivity contribution in [3.8, 4) is 28.7 Å². The second-order valence-electron chi connectivity index (χ2n) is 8.17. The second kappa shape index (κ2) is 8.31. The van der Waals surface area contributed by atoms with Gasteiger partial charge in [0.1, 0.15) is 11.7 Å². The molecule has 33 heavy (non-hydrogen) atoms. The van der Waals surface area contributed by atoms with E-state index in [4.69, 9.17) is 33.2 Å². The van der Waals surface area contributed by atoms with E-state index in [1.807, 2.05) is 13.1 Å². The van der Waals surface area contributed by atoms with E-state index >= 15 is 0 Å². The van der Waals surface area contributed by atoms with Gasteiger partial charge in [0.25, 0.3) is 0 Å². The third-order valence-electron chi connectivity index (χ3n) is 6.61. The quantitative estimate of drug-likeness (QED) is 0.608. The standard InChI is InChI=1S/C24H27NO8/c1-25-9-8-12-14(10-27-2)20-23(32-11-31-20)22(30-5)16(12)18(25)19-13-6-7-15(28-3)21(29-4)17(13)24(26)33-19/h6-7,18-19H,8-11H2,1-5H3/t18-,19+/m1/s1. The van der Waals surface area contributed by atoms with Crippen LogP contribution in [0, 0.1) is 0 Å². The highest BCUT2D eigenvalue weighted by molar-refractivity contribution is 5.98. The van der Waals surface area contributed by atoms with Crippen LogP contribution in [0.25, 0.3) is 0 Å². The lowest BCUT2D eigenvalue weighted by Crippen LogP contribution is -2.37. The van der Waals surface area contributed by atoms with Gasteiger partial charge in [-0.15, -0.1) is 0 Å². The highest BCUT2D eigenvalue weighted by Crippen LogP contribution is 2.56. The predicted molar refractivity (Wildman–Crippen MR) is 117 cm³/mol. The summed E-state index contributed by atoms with van der Waals surface area (Å²) >= 11 is 0. The minimum Gasteiger partial charge on any atom is -0.493 e. The molecule has 3 aliphatic rings. The van der Waals surface area contributed by atoms with Crippen LogP contribution < -0.4 is 23.7 Å². The van der Waals surface area contributed by atoms with Crippen molar-refractivity contribution in [2.45, 2.75) is 25.2 Å². The van der Waals surface area contributed by atoms with E-state index in [9.17, 15) is 4.79 Å². The van der Waals surface area contributed by atoms with Crippen LogP contribution in [0.15, 0.2) is 12.1 Å². The molecule has 5 rings (SSSR count). The zero-order valence-electron chi connectivity index (χ0n) is 19.4. The number of hydrogen-bond acceptors (Lipinski definition) is 9. The molecule has 2 aromatic rings. The molecule has 0 fully saturated rings. The van der Waals surface area contributed by atoms with Crippen molar-refractivity contribution in [3.63, 3.8) is 0 Å². The SMILES string of the molecule is COCc1c2c(c(OC)c3c1OCO3)[C@H]([C@H]1OC(=O)c3c1ccc(OC)c3OC)N(C)CC2. The fraction of sp³-hybridized carbons (Fsp3) is 0.458. The smallest absolute Gasteiger partial charge is 0.343 e. The molecule has 0 saturated heterocycles. The van der Waals surface area contributed by atoms with Crippen LogP contribution in [0.4, 0.5) is 0 Å². The van der Waals surface area contributed by atoms with Crippen molar-refractivity contribution in [3.05, 3.63) is 39.9 Å². The van der Waals surface area contributed by atoms with Crippen LogP contribution in [-0.4, -0.2) is 59.7 Å². The van der Waals surface area contributed by atoms with E-state index < -0.39 is 12.1 Å². The van der Waals surface area contributed by atoms with Gasteiger partial charge in [0.15, 0.2) is 23.0 Å². The first kappa shape index (κ1) is 21.7. The number of likely N-dealkylation sites (N-methyl/N-ethyl adjacent to an activating group) is 1. The van der Waals surface area contributed by atoms with Gasteiger partial charge in [0.2, 0.25) is 12.5 Å². The van der Waals surface area contributed by atoms with Gasteiger partial charge < -0.3 is 33.2 Å². The van der Waals surface area contributed by atoms with Gasteiger partial charge in [-0.3, -0.25) is 4.90 Å². The van der Waals surface area contributed by atoms with Crippen LogP contribution in [0.2, 0.25) is 0 Å². The first-order chi connectivity index (χ1) is 16.0. The fourth-order valence-electron chi connectivity index (χ4n) is 5.22. The first-order valence-electron chi connectivity index (χ1n) is 10.7. The van der Waals surface area contributed by atoms with E-state index in [0.29, 0.717) is 40.9 Å². The lowest BCUT2D eigenvalue weighted by Gasteiger charge is -2.39. The largest absolute Gasteiger partial charge is 0.493 e. The maximum atomic E-state index is 13.0. The minimum atomic E-state index is -0.568. The molecule has 0 N–H and O–H groups in total. The van der Waals surface area contributed by atoms with Gasteiger partial charge in [0, 0.05) is 30.3 Å². The number of cyclic esters (lactones) is 1. The number of ether oxygens (including phenoxy) is 7. The lowest BCUT2D eigenvalue weighted by atomic mass is 9.83. The van der Waals surface area contributed by atoms with Crippen molar-refractivity contribution in [1.82, 2.24) is 4.90 Å². The Hall–Kier alpha value is -3.17. The molecule has 9 nitrogen and oxygen atoms in total. The van der Waals surface area contributed by atoms with Crippen molar-refractivity contribution >= 4 is 5.97 Å². The normalized spacial score (nSPS) is 20.8. The molecule has 3 heterocycles. The summed E-state index contributed by atoms with van der Waals surface area (Å²) in [7, 11) is 8.33. The molecule has 2 aromatic carbocycles. The number of hydrogen-bond donors (Lipinski definition) is 0. The summed E-state index contributed by atoms with van der Waals surface area (Å²) in [6.45, 7) is 1.25. The predicted octanol–water partition coefficient (Wildman–Crippen LogP) is 3.03. The fourth-order valence-corrected chi connectivity index (χ4v) is 5.22. The van der Waals surface area contributed by atoms with E-state index in [1.54, 1.807) is 20.3 Å². The number of fused-ring (bicyclic) bond motifs is 3. The highest BCUT2D eigenvalue weighted by atomic mass is 16.7. The topological polar surface area (TPSA) is 84.9 Å². The van der Waals surface area contributed by atoms with Crippen LogP contribution in [-0.2, 0) is 22.5 Å². The maximum absolute atomic E-state index is 13.0. The first-order valence-corrected chi connectivity index (χ1v) is 10.7. The maximum Gasteiger partial charge on any atom is 0.343 e. The Labute approximate surface area is 192 Å². The van der Waals surface area contributed by atoms with Crippen molar-refractivity contribution < 1.29 is 38.0 Å². The van der Waals surface area contributed by atoms with Gasteiger partial charge >= 0.3 is 5.97 Å². The molecule has 9 heteroatoms. The van der Waals surface area contributed by atoms with Crippen molar-refractivity contribution in [2.24, 2.45) is 0 Å². The van der Waals surface area contributed by atoms with Gasteiger partial charge in [-0.25, -0.2) is 4.79 Å². The van der Waals surface area contributed by atoms with Gasteiger partial charge in [0.05, 0.1) is 34.0 Å². The summed E-state index contributed by atoms with van der Waals surface area (Å²) in [6, 6.07) is 3.35. The molecule has 0 saturated carbocycles. The molecule has 0 amide bonds. The van der Waals surface area contributed by atoms with E-state index in [1.165, 1.54) is 14.2 Å². The van der Waals surface area contributed by atoms with Crippen LogP contribution in [0.5, 0.6) is 28.7 Å². The Morgan fingerprint density at radius 1 is 1.03 bits per heavy atom. The molecule has 0 spiro atoms. The summed E-state index contributed by atoms with van der Waals surface area (Å²) in [5.41, 5.74) is 4.07. The van der Waals surface area contributed by atoms with Gasteiger partial charge in [-0.05, 0) is 25.1 Å². The molecule has 176 valence electrons. The lowest BCUT2D eigenvalue weighted by molar-refractivity contribution is 0.00859. The number of rotatable bonds is 6. The monoisotopic (exact) mass is 457 g/mol. The third kappa shape index (κ3) is 3.10. The molecule has 2 atom stereocenters. The zero-order valence-corrected chi connectivity index (χ0v) is 19.4. The number of benzene rings is 2. The van der Waals surface area contributed by atoms with Crippen LogP contribution in [0.1, 0.15) is 44.8 Å². The molecule has 3 aliphatic heterocycles. The third-order valence-corrected chi connectivity index (χ3v) is 6.61. The van der Waals surface area contributed by atoms with Crippen LogP contribution >= 0.6 is 0 Å². The molecular formula is C24H27NO8. The summed E-state index contributed by atoms with van der Waals surface area (Å²) in [4.78, 5) is 15.2. The Kier molecular flexibility index (Phi) is 5.46. The van der Waals surface area contributed by atoms with Crippen molar-refractivity contribution in [1.29, 1.82) is 0 Å². The molecule has 0 aromatic heterocycles. The summed E-state index contributed by atoms with van der Waals surface area (Å²) in [5, 5.41) is 0. The molecule has 0 aliphatic carbocycles. The number of carbonyl (C=O) groups excluding carboxylic acids is 1. The van der Waals surface area contributed by atoms with E-state index in [0.717, 1.165) is 35.2 Å². The Morgan fingerprint density at radius 3 is 2.48 bits per heavy atom.